The zero-order valence-electron chi connectivity index (χ0n) is 11.7. The monoisotopic (exact) mass is 331 g/mol. The zero-order valence-corrected chi connectivity index (χ0v) is 13.3. The molecule has 0 radical (unpaired) electrons. The van der Waals surface area contributed by atoms with Crippen molar-refractivity contribution in [3.8, 4) is 0 Å². The molecule has 1 saturated heterocycles. The highest BCUT2D eigenvalue weighted by Gasteiger charge is 2.38. The molecule has 1 fully saturated rings. The molecule has 2 aromatic rings. The lowest BCUT2D eigenvalue weighted by atomic mass is 10.2. The summed E-state index contributed by atoms with van der Waals surface area (Å²) in [4.78, 5) is 26.9. The molecule has 0 spiro atoms. The lowest BCUT2D eigenvalue weighted by Crippen LogP contribution is -2.30. The normalized spacial score (nSPS) is 18.0. The van der Waals surface area contributed by atoms with Crippen molar-refractivity contribution in [1.82, 2.24) is 4.90 Å². The fourth-order valence-corrected chi connectivity index (χ4v) is 3.56. The molecule has 22 heavy (non-hydrogen) atoms. The van der Waals surface area contributed by atoms with Crippen molar-refractivity contribution in [2.24, 2.45) is 0 Å². The molecule has 5 heteroatoms. The van der Waals surface area contributed by atoms with E-state index in [1.807, 2.05) is 42.5 Å². The van der Waals surface area contributed by atoms with E-state index in [4.69, 9.17) is 11.6 Å². The minimum atomic E-state index is -0.350. The van der Waals surface area contributed by atoms with Gasteiger partial charge in [-0.1, -0.05) is 41.9 Å². The summed E-state index contributed by atoms with van der Waals surface area (Å²) in [5, 5.41) is 0.307. The molecular weight excluding hydrogens is 318 g/mol. The number of rotatable bonds is 4. The molecule has 0 N–H and O–H groups in total. The van der Waals surface area contributed by atoms with Crippen LogP contribution < -0.4 is 0 Å². The largest absolute Gasteiger partial charge is 0.277 e. The third-order valence-corrected chi connectivity index (χ3v) is 4.93. The van der Waals surface area contributed by atoms with Crippen LogP contribution in [0.3, 0.4) is 0 Å². The van der Waals surface area contributed by atoms with Gasteiger partial charge in [-0.3, -0.25) is 14.5 Å². The second-order valence-corrected chi connectivity index (χ2v) is 6.78. The molecule has 0 saturated carbocycles. The van der Waals surface area contributed by atoms with E-state index in [9.17, 15) is 9.59 Å². The first kappa shape index (κ1) is 15.1. The average molecular weight is 332 g/mol. The maximum atomic E-state index is 12.4. The van der Waals surface area contributed by atoms with Gasteiger partial charge in [-0.15, -0.1) is 11.8 Å². The smallest absolute Gasteiger partial charge is 0.243 e. The van der Waals surface area contributed by atoms with Crippen molar-refractivity contribution in [2.45, 2.75) is 23.1 Å². The highest BCUT2D eigenvalue weighted by atomic mass is 35.5. The van der Waals surface area contributed by atoms with Gasteiger partial charge in [0, 0.05) is 16.3 Å². The fourth-order valence-electron chi connectivity index (χ4n) is 2.35. The van der Waals surface area contributed by atoms with E-state index in [1.54, 1.807) is 12.1 Å². The standard InChI is InChI=1S/C17H14ClNO2S/c18-13-6-8-14(9-7-13)22-15-10-16(20)19(17(15)21)11-12-4-2-1-3-5-12/h1-9,15H,10-11H2/t15-/m0/s1. The van der Waals surface area contributed by atoms with Crippen LogP contribution in [-0.2, 0) is 16.1 Å². The third-order valence-electron chi connectivity index (χ3n) is 3.48. The Kier molecular flexibility index (Phi) is 4.50. The van der Waals surface area contributed by atoms with Gasteiger partial charge in [0.05, 0.1) is 11.8 Å². The molecule has 1 atom stereocenters. The van der Waals surface area contributed by atoms with Crippen molar-refractivity contribution < 1.29 is 9.59 Å². The van der Waals surface area contributed by atoms with Gasteiger partial charge in [0.15, 0.2) is 0 Å². The molecule has 2 aromatic carbocycles. The van der Waals surface area contributed by atoms with E-state index in [-0.39, 0.29) is 23.5 Å². The number of likely N-dealkylation sites (tertiary alicyclic amines) is 1. The van der Waals surface area contributed by atoms with E-state index in [0.717, 1.165) is 10.5 Å². The van der Waals surface area contributed by atoms with Gasteiger partial charge in [-0.05, 0) is 29.8 Å². The minimum Gasteiger partial charge on any atom is -0.277 e. The molecule has 0 unspecified atom stereocenters. The van der Waals surface area contributed by atoms with Crippen LogP contribution in [0.1, 0.15) is 12.0 Å². The number of hydrogen-bond donors (Lipinski definition) is 0. The summed E-state index contributed by atoms with van der Waals surface area (Å²) in [7, 11) is 0. The maximum absolute atomic E-state index is 12.4. The Morgan fingerprint density at radius 3 is 2.41 bits per heavy atom. The summed E-state index contributed by atoms with van der Waals surface area (Å²) in [5.74, 6) is -0.228. The number of halogens is 1. The number of imide groups is 1. The summed E-state index contributed by atoms with van der Waals surface area (Å²) in [6.07, 6.45) is 0.249. The number of amides is 2. The lowest BCUT2D eigenvalue weighted by Gasteiger charge is -2.14. The van der Waals surface area contributed by atoms with Crippen molar-refractivity contribution in [2.75, 3.05) is 0 Å². The van der Waals surface area contributed by atoms with Gasteiger partial charge in [-0.2, -0.15) is 0 Å². The minimum absolute atomic E-state index is 0.111. The quantitative estimate of drug-likeness (QED) is 0.800. The molecule has 3 rings (SSSR count). The van der Waals surface area contributed by atoms with E-state index >= 15 is 0 Å². The molecule has 1 aliphatic heterocycles. The van der Waals surface area contributed by atoms with Gasteiger partial charge in [0.1, 0.15) is 0 Å². The molecule has 112 valence electrons. The number of benzene rings is 2. The number of hydrogen-bond acceptors (Lipinski definition) is 3. The maximum Gasteiger partial charge on any atom is 0.243 e. The van der Waals surface area contributed by atoms with Gasteiger partial charge in [0.25, 0.3) is 0 Å². The van der Waals surface area contributed by atoms with Crippen LogP contribution in [0.25, 0.3) is 0 Å². The number of thioether (sulfide) groups is 1. The van der Waals surface area contributed by atoms with Crippen LogP contribution in [0.2, 0.25) is 5.02 Å². The summed E-state index contributed by atoms with van der Waals surface area (Å²) in [5.41, 5.74) is 0.960. The van der Waals surface area contributed by atoms with Crippen molar-refractivity contribution in [3.63, 3.8) is 0 Å². The van der Waals surface area contributed by atoms with Crippen molar-refractivity contribution >= 4 is 35.2 Å². The van der Waals surface area contributed by atoms with E-state index in [1.165, 1.54) is 16.7 Å². The number of nitrogens with zero attached hydrogens (tertiary/aromatic N) is 1. The highest BCUT2D eigenvalue weighted by molar-refractivity contribution is 8.00. The topological polar surface area (TPSA) is 37.4 Å². The predicted octanol–water partition coefficient (Wildman–Crippen LogP) is 3.76. The van der Waals surface area contributed by atoms with Crippen LogP contribution in [0, 0.1) is 0 Å². The first-order chi connectivity index (χ1) is 10.6. The number of carbonyl (C=O) groups excluding carboxylic acids is 2. The molecular formula is C17H14ClNO2S. The predicted molar refractivity (Wildman–Crippen MR) is 87.7 cm³/mol. The van der Waals surface area contributed by atoms with E-state index < -0.39 is 0 Å². The highest BCUT2D eigenvalue weighted by Crippen LogP contribution is 2.32. The summed E-state index contributed by atoms with van der Waals surface area (Å²) >= 11 is 7.27. The summed E-state index contributed by atoms with van der Waals surface area (Å²) in [6.45, 7) is 0.343. The Bertz CT molecular complexity index is 688. The molecule has 0 bridgehead atoms. The van der Waals surface area contributed by atoms with Crippen LogP contribution in [0.4, 0.5) is 0 Å². The molecule has 0 aromatic heterocycles. The van der Waals surface area contributed by atoms with Gasteiger partial charge < -0.3 is 0 Å². The van der Waals surface area contributed by atoms with Gasteiger partial charge in [-0.25, -0.2) is 0 Å². The van der Waals surface area contributed by atoms with E-state index in [0.29, 0.717) is 11.6 Å². The molecule has 1 aliphatic rings. The van der Waals surface area contributed by atoms with Gasteiger partial charge >= 0.3 is 0 Å². The van der Waals surface area contributed by atoms with Crippen LogP contribution in [0.15, 0.2) is 59.5 Å². The fraction of sp³-hybridized carbons (Fsp3) is 0.176. The third kappa shape index (κ3) is 3.34. The molecule has 1 heterocycles. The zero-order chi connectivity index (χ0) is 15.5. The van der Waals surface area contributed by atoms with Crippen molar-refractivity contribution in [1.29, 1.82) is 0 Å². The number of carbonyl (C=O) groups is 2. The summed E-state index contributed by atoms with van der Waals surface area (Å²) in [6, 6.07) is 16.9. The average Bonchev–Trinajstić information content (AvgIpc) is 2.78. The van der Waals surface area contributed by atoms with Crippen LogP contribution in [0.5, 0.6) is 0 Å². The van der Waals surface area contributed by atoms with E-state index in [2.05, 4.69) is 0 Å². The Labute approximate surface area is 138 Å². The lowest BCUT2D eigenvalue weighted by molar-refractivity contribution is -0.138. The van der Waals surface area contributed by atoms with Crippen LogP contribution in [-0.4, -0.2) is 22.0 Å². The summed E-state index contributed by atoms with van der Waals surface area (Å²) < 4.78 is 0. The Hall–Kier alpha value is -1.78. The SMILES string of the molecule is O=C1C[C@H](Sc2ccc(Cl)cc2)C(=O)N1Cc1ccccc1. The second kappa shape index (κ2) is 6.55. The Morgan fingerprint density at radius 1 is 1.05 bits per heavy atom. The first-order valence-electron chi connectivity index (χ1n) is 6.94. The Morgan fingerprint density at radius 2 is 1.73 bits per heavy atom. The molecule has 2 amide bonds. The Balaban J connectivity index is 1.70. The van der Waals surface area contributed by atoms with Crippen molar-refractivity contribution in [3.05, 3.63) is 65.2 Å². The molecule has 0 aliphatic carbocycles. The second-order valence-electron chi connectivity index (χ2n) is 5.07. The molecule has 3 nitrogen and oxygen atoms in total. The van der Waals surface area contributed by atoms with Crippen LogP contribution >= 0.6 is 23.4 Å². The first-order valence-corrected chi connectivity index (χ1v) is 8.19. The van der Waals surface area contributed by atoms with Gasteiger partial charge in [0.2, 0.25) is 11.8 Å².